The summed E-state index contributed by atoms with van der Waals surface area (Å²) in [4.78, 5) is 0. The minimum Gasteiger partial charge on any atom is -0.393 e. The van der Waals surface area contributed by atoms with Crippen LogP contribution in [0.4, 0.5) is 4.39 Å². The quantitative estimate of drug-likeness (QED) is 0.837. The zero-order valence-electron chi connectivity index (χ0n) is 12.3. The maximum absolute atomic E-state index is 13.5. The van der Waals surface area contributed by atoms with Crippen molar-refractivity contribution in [1.29, 1.82) is 0 Å². The van der Waals surface area contributed by atoms with Crippen LogP contribution in [0.25, 0.3) is 0 Å². The minimum absolute atomic E-state index is 0.102. The maximum Gasteiger partial charge on any atom is 0.126 e. The maximum atomic E-state index is 13.5. The lowest BCUT2D eigenvalue weighted by atomic mass is 9.87. The summed E-state index contributed by atoms with van der Waals surface area (Å²) in [5, 5.41) is 13.2. The van der Waals surface area contributed by atoms with Gasteiger partial charge in [-0.15, -0.1) is 0 Å². The Kier molecular flexibility index (Phi) is 5.99. The Balaban J connectivity index is 1.68. The lowest BCUT2D eigenvalue weighted by Gasteiger charge is -2.27. The molecule has 0 amide bonds. The summed E-state index contributed by atoms with van der Waals surface area (Å²) < 4.78 is 13.5. The summed E-state index contributed by atoms with van der Waals surface area (Å²) in [5.74, 6) is 0.491. The molecule has 20 heavy (non-hydrogen) atoms. The van der Waals surface area contributed by atoms with Crippen LogP contribution in [0.15, 0.2) is 24.3 Å². The summed E-state index contributed by atoms with van der Waals surface area (Å²) in [7, 11) is 0. The van der Waals surface area contributed by atoms with Crippen molar-refractivity contribution in [2.24, 2.45) is 5.92 Å². The van der Waals surface area contributed by atoms with Crippen molar-refractivity contribution in [2.75, 3.05) is 6.54 Å². The van der Waals surface area contributed by atoms with E-state index in [1.54, 1.807) is 6.07 Å². The fourth-order valence-corrected chi connectivity index (χ4v) is 2.99. The van der Waals surface area contributed by atoms with Crippen LogP contribution < -0.4 is 5.32 Å². The van der Waals surface area contributed by atoms with E-state index in [1.165, 1.54) is 12.5 Å². The Hall–Kier alpha value is -0.930. The second-order valence-corrected chi connectivity index (χ2v) is 6.13. The van der Waals surface area contributed by atoms with E-state index in [0.29, 0.717) is 12.0 Å². The van der Waals surface area contributed by atoms with Crippen LogP contribution in [0.1, 0.15) is 44.6 Å². The third-order valence-corrected chi connectivity index (χ3v) is 4.31. The fourth-order valence-electron chi connectivity index (χ4n) is 2.99. The summed E-state index contributed by atoms with van der Waals surface area (Å²) in [6.07, 6.45) is 5.84. The van der Waals surface area contributed by atoms with Gasteiger partial charge in [-0.2, -0.15) is 0 Å². The molecule has 1 aromatic carbocycles. The average Bonchev–Trinajstić information content (AvgIpc) is 2.44. The summed E-state index contributed by atoms with van der Waals surface area (Å²) in [6, 6.07) is 7.39. The smallest absolute Gasteiger partial charge is 0.126 e. The van der Waals surface area contributed by atoms with Crippen molar-refractivity contribution in [3.8, 4) is 0 Å². The Morgan fingerprint density at radius 1 is 1.35 bits per heavy atom. The predicted molar refractivity (Wildman–Crippen MR) is 80.2 cm³/mol. The summed E-state index contributed by atoms with van der Waals surface area (Å²) in [5.41, 5.74) is 0.800. The monoisotopic (exact) mass is 279 g/mol. The summed E-state index contributed by atoms with van der Waals surface area (Å²) in [6.45, 7) is 3.12. The number of rotatable bonds is 6. The molecule has 0 spiro atoms. The van der Waals surface area contributed by atoms with E-state index in [9.17, 15) is 9.50 Å². The van der Waals surface area contributed by atoms with Gasteiger partial charge in [0.25, 0.3) is 0 Å². The van der Waals surface area contributed by atoms with Gasteiger partial charge >= 0.3 is 0 Å². The molecule has 1 aromatic rings. The van der Waals surface area contributed by atoms with Crippen LogP contribution in [0.3, 0.4) is 0 Å². The van der Waals surface area contributed by atoms with E-state index in [4.69, 9.17) is 0 Å². The molecule has 1 fully saturated rings. The minimum atomic E-state index is -0.107. The molecule has 3 atom stereocenters. The lowest BCUT2D eigenvalue weighted by Crippen LogP contribution is -2.34. The molecule has 1 aliphatic rings. The van der Waals surface area contributed by atoms with E-state index in [2.05, 4.69) is 12.2 Å². The highest BCUT2D eigenvalue weighted by Crippen LogP contribution is 2.23. The first-order valence-electron chi connectivity index (χ1n) is 7.80. The molecule has 3 heteroatoms. The zero-order valence-corrected chi connectivity index (χ0v) is 12.3. The molecule has 0 aromatic heterocycles. The van der Waals surface area contributed by atoms with Crippen LogP contribution in [-0.4, -0.2) is 23.8 Å². The molecule has 0 unspecified atom stereocenters. The molecule has 1 aliphatic carbocycles. The van der Waals surface area contributed by atoms with Crippen molar-refractivity contribution in [3.63, 3.8) is 0 Å². The molecule has 0 bridgehead atoms. The van der Waals surface area contributed by atoms with E-state index in [0.717, 1.165) is 44.2 Å². The Bertz CT molecular complexity index is 410. The molecular weight excluding hydrogens is 253 g/mol. The lowest BCUT2D eigenvalue weighted by molar-refractivity contribution is 0.0997. The number of hydrogen-bond donors (Lipinski definition) is 2. The van der Waals surface area contributed by atoms with Gasteiger partial charge in [0.2, 0.25) is 0 Å². The topological polar surface area (TPSA) is 32.3 Å². The second kappa shape index (κ2) is 7.75. The molecule has 0 radical (unpaired) electrons. The molecule has 0 saturated heterocycles. The van der Waals surface area contributed by atoms with E-state index in [-0.39, 0.29) is 11.9 Å². The van der Waals surface area contributed by atoms with Gasteiger partial charge in [-0.3, -0.25) is 0 Å². The normalized spacial score (nSPS) is 24.6. The van der Waals surface area contributed by atoms with Crippen LogP contribution in [0, 0.1) is 11.7 Å². The van der Waals surface area contributed by atoms with E-state index >= 15 is 0 Å². The third kappa shape index (κ3) is 4.88. The van der Waals surface area contributed by atoms with Gasteiger partial charge < -0.3 is 10.4 Å². The molecule has 0 aliphatic heterocycles. The SMILES string of the molecule is C[C@H](CCc1ccccc1F)NC[C@H]1CCC[C@@H](O)C1. The number of aliphatic hydroxyl groups excluding tert-OH is 1. The van der Waals surface area contributed by atoms with Gasteiger partial charge in [-0.25, -0.2) is 4.39 Å². The van der Waals surface area contributed by atoms with E-state index in [1.807, 2.05) is 12.1 Å². The third-order valence-electron chi connectivity index (χ3n) is 4.31. The Labute approximate surface area is 121 Å². The van der Waals surface area contributed by atoms with Crippen molar-refractivity contribution >= 4 is 0 Å². The van der Waals surface area contributed by atoms with Gasteiger partial charge in [-0.1, -0.05) is 24.6 Å². The first-order valence-corrected chi connectivity index (χ1v) is 7.80. The molecule has 0 heterocycles. The van der Waals surface area contributed by atoms with Gasteiger partial charge in [0.15, 0.2) is 0 Å². The highest BCUT2D eigenvalue weighted by Gasteiger charge is 2.20. The van der Waals surface area contributed by atoms with Crippen LogP contribution in [0.2, 0.25) is 0 Å². The molecular formula is C17H26FNO. The van der Waals surface area contributed by atoms with Gasteiger partial charge in [0.1, 0.15) is 5.82 Å². The van der Waals surface area contributed by atoms with Crippen molar-refractivity contribution in [3.05, 3.63) is 35.6 Å². The number of aliphatic hydroxyl groups is 1. The van der Waals surface area contributed by atoms with Gasteiger partial charge in [0, 0.05) is 6.04 Å². The Morgan fingerprint density at radius 2 is 2.15 bits per heavy atom. The predicted octanol–water partition coefficient (Wildman–Crippen LogP) is 3.29. The molecule has 2 nitrogen and oxygen atoms in total. The highest BCUT2D eigenvalue weighted by molar-refractivity contribution is 5.17. The first-order chi connectivity index (χ1) is 9.65. The molecule has 112 valence electrons. The standard InChI is InChI=1S/C17H26FNO/c1-13(9-10-15-6-2-3-8-17(15)18)19-12-14-5-4-7-16(20)11-14/h2-3,6,8,13-14,16,19-20H,4-5,7,9-12H2,1H3/t13-,14+,16-/m1/s1. The van der Waals surface area contributed by atoms with Crippen LogP contribution >= 0.6 is 0 Å². The number of benzene rings is 1. The zero-order chi connectivity index (χ0) is 14.4. The van der Waals surface area contributed by atoms with Crippen molar-refractivity contribution < 1.29 is 9.50 Å². The largest absolute Gasteiger partial charge is 0.393 e. The average molecular weight is 279 g/mol. The highest BCUT2D eigenvalue weighted by atomic mass is 19.1. The second-order valence-electron chi connectivity index (χ2n) is 6.13. The van der Waals surface area contributed by atoms with Crippen LogP contribution in [-0.2, 0) is 6.42 Å². The van der Waals surface area contributed by atoms with E-state index < -0.39 is 0 Å². The Morgan fingerprint density at radius 3 is 2.90 bits per heavy atom. The molecule has 2 rings (SSSR count). The fraction of sp³-hybridized carbons (Fsp3) is 0.647. The molecule has 1 saturated carbocycles. The summed E-state index contributed by atoms with van der Waals surface area (Å²) >= 11 is 0. The first kappa shape index (κ1) is 15.5. The molecule has 2 N–H and O–H groups in total. The van der Waals surface area contributed by atoms with Gasteiger partial charge in [0.05, 0.1) is 6.10 Å². The number of aryl methyl sites for hydroxylation is 1. The van der Waals surface area contributed by atoms with Crippen LogP contribution in [0.5, 0.6) is 0 Å². The van der Waals surface area contributed by atoms with Crippen molar-refractivity contribution in [2.45, 2.75) is 57.6 Å². The number of halogens is 1. The van der Waals surface area contributed by atoms with Crippen molar-refractivity contribution in [1.82, 2.24) is 5.32 Å². The van der Waals surface area contributed by atoms with Gasteiger partial charge in [-0.05, 0) is 63.1 Å². The number of nitrogens with one attached hydrogen (secondary N) is 1. The number of hydrogen-bond acceptors (Lipinski definition) is 2.